The third-order valence-electron chi connectivity index (χ3n) is 5.31. The van der Waals surface area contributed by atoms with Crippen LogP contribution in [-0.4, -0.2) is 59.0 Å². The molecule has 0 unspecified atom stereocenters. The van der Waals surface area contributed by atoms with E-state index < -0.39 is 47.1 Å². The SMILES string of the molecule is CO[C@@H]1O[C@@H]2CO[C@@H](c3ccccc3)O[C@@H]2[C@@H](OS(C)(=O)=O)[C@@H]1NCc1ccccc1. The molecule has 168 valence electrons. The number of hydrogen-bond acceptors (Lipinski definition) is 8. The van der Waals surface area contributed by atoms with Gasteiger partial charge in [-0.15, -0.1) is 0 Å². The maximum absolute atomic E-state index is 12.1. The molecule has 2 fully saturated rings. The van der Waals surface area contributed by atoms with Crippen molar-refractivity contribution in [1.82, 2.24) is 5.32 Å². The lowest BCUT2D eigenvalue weighted by Gasteiger charge is -2.48. The van der Waals surface area contributed by atoms with Crippen molar-refractivity contribution >= 4 is 10.1 Å². The summed E-state index contributed by atoms with van der Waals surface area (Å²) in [6, 6.07) is 18.6. The lowest BCUT2D eigenvalue weighted by molar-refractivity contribution is -0.338. The molecule has 0 spiro atoms. The van der Waals surface area contributed by atoms with E-state index in [4.69, 9.17) is 23.1 Å². The van der Waals surface area contributed by atoms with Gasteiger partial charge in [-0.05, 0) is 5.56 Å². The maximum atomic E-state index is 12.1. The Morgan fingerprint density at radius 3 is 2.35 bits per heavy atom. The molecular formula is C22H27NO7S. The minimum absolute atomic E-state index is 0.221. The molecule has 2 aliphatic rings. The first kappa shape index (κ1) is 22.3. The van der Waals surface area contributed by atoms with Crippen LogP contribution in [0.5, 0.6) is 0 Å². The number of hydrogen-bond donors (Lipinski definition) is 1. The van der Waals surface area contributed by atoms with E-state index in [0.717, 1.165) is 17.4 Å². The summed E-state index contributed by atoms with van der Waals surface area (Å²) in [6.45, 7) is 0.702. The van der Waals surface area contributed by atoms with Crippen molar-refractivity contribution in [1.29, 1.82) is 0 Å². The molecule has 4 rings (SSSR count). The Balaban J connectivity index is 1.59. The Bertz CT molecular complexity index is 935. The lowest BCUT2D eigenvalue weighted by atomic mass is 9.95. The van der Waals surface area contributed by atoms with E-state index >= 15 is 0 Å². The quantitative estimate of drug-likeness (QED) is 0.642. The highest BCUT2D eigenvalue weighted by molar-refractivity contribution is 7.86. The van der Waals surface area contributed by atoms with E-state index in [1.54, 1.807) is 0 Å². The third kappa shape index (κ3) is 5.50. The van der Waals surface area contributed by atoms with Crippen molar-refractivity contribution in [2.75, 3.05) is 20.0 Å². The fourth-order valence-corrected chi connectivity index (χ4v) is 4.55. The Kier molecular flexibility index (Phi) is 7.02. The summed E-state index contributed by atoms with van der Waals surface area (Å²) >= 11 is 0. The zero-order valence-corrected chi connectivity index (χ0v) is 18.2. The van der Waals surface area contributed by atoms with Gasteiger partial charge in [-0.3, -0.25) is 4.18 Å². The largest absolute Gasteiger partial charge is 0.354 e. The van der Waals surface area contributed by atoms with Gasteiger partial charge in [0.1, 0.15) is 18.3 Å². The lowest BCUT2D eigenvalue weighted by Crippen LogP contribution is -2.66. The highest BCUT2D eigenvalue weighted by Gasteiger charge is 2.52. The van der Waals surface area contributed by atoms with Crippen LogP contribution in [0.15, 0.2) is 60.7 Å². The van der Waals surface area contributed by atoms with Crippen molar-refractivity contribution in [3.63, 3.8) is 0 Å². The molecule has 0 radical (unpaired) electrons. The summed E-state index contributed by atoms with van der Waals surface area (Å²) in [6.07, 6.45) is -2.43. The zero-order valence-electron chi connectivity index (χ0n) is 17.4. The summed E-state index contributed by atoms with van der Waals surface area (Å²) in [5.74, 6) is 0. The minimum atomic E-state index is -3.78. The second kappa shape index (κ2) is 9.74. The van der Waals surface area contributed by atoms with Crippen molar-refractivity contribution in [3.8, 4) is 0 Å². The fourth-order valence-electron chi connectivity index (χ4n) is 3.92. The highest BCUT2D eigenvalue weighted by atomic mass is 32.2. The minimum Gasteiger partial charge on any atom is -0.354 e. The van der Waals surface area contributed by atoms with Gasteiger partial charge in [0.2, 0.25) is 0 Å². The number of methoxy groups -OCH3 is 1. The van der Waals surface area contributed by atoms with Crippen LogP contribution in [0, 0.1) is 0 Å². The molecule has 0 aliphatic carbocycles. The van der Waals surface area contributed by atoms with Crippen molar-refractivity contribution in [2.45, 2.75) is 43.5 Å². The predicted octanol–water partition coefficient (Wildman–Crippen LogP) is 1.98. The van der Waals surface area contributed by atoms with Gasteiger partial charge in [-0.25, -0.2) is 0 Å². The molecule has 1 N–H and O–H groups in total. The van der Waals surface area contributed by atoms with E-state index in [-0.39, 0.29) is 6.61 Å². The van der Waals surface area contributed by atoms with Gasteiger partial charge in [0, 0.05) is 19.2 Å². The summed E-state index contributed by atoms with van der Waals surface area (Å²) in [5.41, 5.74) is 1.87. The molecule has 0 amide bonds. The average Bonchev–Trinajstić information content (AvgIpc) is 2.78. The topological polar surface area (TPSA) is 92.3 Å². The first-order chi connectivity index (χ1) is 14.9. The van der Waals surface area contributed by atoms with Gasteiger partial charge in [0.15, 0.2) is 12.6 Å². The molecule has 0 aromatic heterocycles. The Hall–Kier alpha value is -1.85. The molecule has 2 aliphatic heterocycles. The van der Waals surface area contributed by atoms with Gasteiger partial charge in [0.25, 0.3) is 10.1 Å². The van der Waals surface area contributed by atoms with Crippen LogP contribution in [0.3, 0.4) is 0 Å². The Morgan fingerprint density at radius 1 is 1.03 bits per heavy atom. The van der Waals surface area contributed by atoms with E-state index in [2.05, 4.69) is 5.32 Å². The van der Waals surface area contributed by atoms with Crippen LogP contribution in [0.1, 0.15) is 17.4 Å². The van der Waals surface area contributed by atoms with Crippen molar-refractivity contribution in [3.05, 3.63) is 71.8 Å². The number of rotatable bonds is 7. The van der Waals surface area contributed by atoms with Gasteiger partial charge in [-0.2, -0.15) is 8.42 Å². The number of nitrogens with one attached hydrogen (secondary N) is 1. The second-order valence-corrected chi connectivity index (χ2v) is 9.21. The van der Waals surface area contributed by atoms with E-state index in [1.165, 1.54) is 7.11 Å². The van der Waals surface area contributed by atoms with Crippen LogP contribution >= 0.6 is 0 Å². The van der Waals surface area contributed by atoms with E-state index in [9.17, 15) is 8.42 Å². The normalized spacial score (nSPS) is 31.2. The first-order valence-corrected chi connectivity index (χ1v) is 11.9. The van der Waals surface area contributed by atoms with Crippen LogP contribution < -0.4 is 5.32 Å². The molecule has 31 heavy (non-hydrogen) atoms. The molecule has 2 aromatic rings. The van der Waals surface area contributed by atoms with Gasteiger partial charge in [-0.1, -0.05) is 60.7 Å². The molecule has 0 saturated carbocycles. The summed E-state index contributed by atoms with van der Waals surface area (Å²) in [5, 5.41) is 3.34. The molecule has 6 atom stereocenters. The van der Waals surface area contributed by atoms with Crippen LogP contribution in [-0.2, 0) is 39.8 Å². The molecule has 2 aromatic carbocycles. The summed E-state index contributed by atoms with van der Waals surface area (Å²) in [7, 11) is -2.26. The molecule has 8 nitrogen and oxygen atoms in total. The van der Waals surface area contributed by atoms with Gasteiger partial charge in [0.05, 0.1) is 18.9 Å². The summed E-state index contributed by atoms with van der Waals surface area (Å²) < 4.78 is 53.4. The monoisotopic (exact) mass is 449 g/mol. The maximum Gasteiger partial charge on any atom is 0.264 e. The van der Waals surface area contributed by atoms with Crippen LogP contribution in [0.4, 0.5) is 0 Å². The van der Waals surface area contributed by atoms with Crippen LogP contribution in [0.2, 0.25) is 0 Å². The first-order valence-electron chi connectivity index (χ1n) is 10.1. The van der Waals surface area contributed by atoms with Gasteiger partial charge >= 0.3 is 0 Å². The number of benzene rings is 2. The number of fused-ring (bicyclic) bond motifs is 1. The zero-order chi connectivity index (χ0) is 21.8. The Labute approximate surface area is 182 Å². The summed E-state index contributed by atoms with van der Waals surface area (Å²) in [4.78, 5) is 0. The van der Waals surface area contributed by atoms with Crippen molar-refractivity contribution in [2.24, 2.45) is 0 Å². The molecular weight excluding hydrogens is 422 g/mol. The van der Waals surface area contributed by atoms with E-state index in [1.807, 2.05) is 60.7 Å². The number of ether oxygens (including phenoxy) is 4. The fraction of sp³-hybridized carbons (Fsp3) is 0.455. The Morgan fingerprint density at radius 2 is 1.71 bits per heavy atom. The average molecular weight is 450 g/mol. The van der Waals surface area contributed by atoms with Crippen LogP contribution in [0.25, 0.3) is 0 Å². The second-order valence-electron chi connectivity index (χ2n) is 7.61. The molecule has 9 heteroatoms. The smallest absolute Gasteiger partial charge is 0.264 e. The van der Waals surface area contributed by atoms with Crippen molar-refractivity contribution < 1.29 is 31.5 Å². The van der Waals surface area contributed by atoms with Gasteiger partial charge < -0.3 is 24.3 Å². The third-order valence-corrected chi connectivity index (χ3v) is 5.89. The molecule has 2 heterocycles. The standard InChI is InChI=1S/C22H27NO7S/c1-26-22-18(23-13-15-9-5-3-6-10-15)20(30-31(2,24)25)19-17(28-22)14-27-21(29-19)16-11-7-4-8-12-16/h3-12,17-23H,13-14H2,1-2H3/t17-,18+,19+,20+,21-,22-/m1/s1. The van der Waals surface area contributed by atoms with E-state index in [0.29, 0.717) is 6.54 Å². The predicted molar refractivity (Wildman–Crippen MR) is 112 cm³/mol. The molecule has 2 saturated heterocycles. The highest BCUT2D eigenvalue weighted by Crippen LogP contribution is 2.36. The molecule has 0 bridgehead atoms.